The van der Waals surface area contributed by atoms with Crippen LogP contribution in [0.1, 0.15) is 54.2 Å². The summed E-state index contributed by atoms with van der Waals surface area (Å²) in [6.45, 7) is 2.85. The molecule has 0 unspecified atom stereocenters. The summed E-state index contributed by atoms with van der Waals surface area (Å²) < 4.78 is 6.05. The van der Waals surface area contributed by atoms with E-state index in [1.807, 2.05) is 0 Å². The first-order valence-corrected chi connectivity index (χ1v) is 7.94. The van der Waals surface area contributed by atoms with Crippen molar-refractivity contribution in [1.29, 1.82) is 0 Å². The number of phenolic OH excluding ortho intramolecular Hbond substituents is 2. The molecule has 1 aliphatic heterocycles. The minimum absolute atomic E-state index is 0.0505. The van der Waals surface area contributed by atoms with E-state index in [0.717, 1.165) is 60.7 Å². The zero-order chi connectivity index (χ0) is 15.3. The first kappa shape index (κ1) is 13.6. The van der Waals surface area contributed by atoms with E-state index >= 15 is 0 Å². The molecule has 0 radical (unpaired) electrons. The zero-order valence-corrected chi connectivity index (χ0v) is 12.6. The maximum atomic E-state index is 9.89. The summed E-state index contributed by atoms with van der Waals surface area (Å²) in [5.41, 5.74) is 3.10. The summed E-state index contributed by atoms with van der Waals surface area (Å²) in [6.07, 6.45) is 3.73. The van der Waals surface area contributed by atoms with E-state index in [-0.39, 0.29) is 17.4 Å². The fourth-order valence-electron chi connectivity index (χ4n) is 3.71. The number of rotatable bonds is 2. The molecule has 22 heavy (non-hydrogen) atoms. The molecule has 0 saturated heterocycles. The molecule has 1 aromatic heterocycles. The molecule has 3 N–H and O–H groups in total. The molecular formula is C17H20N2O3. The van der Waals surface area contributed by atoms with Crippen LogP contribution in [0.2, 0.25) is 0 Å². The maximum absolute atomic E-state index is 9.89. The van der Waals surface area contributed by atoms with E-state index in [9.17, 15) is 10.2 Å². The second-order valence-corrected chi connectivity index (χ2v) is 6.21. The molecule has 2 atom stereocenters. The average Bonchev–Trinajstić information content (AvgIpc) is 2.91. The van der Waals surface area contributed by atoms with Gasteiger partial charge in [0.2, 0.25) is 0 Å². The highest BCUT2D eigenvalue weighted by Gasteiger charge is 2.39. The van der Waals surface area contributed by atoms with E-state index in [1.54, 1.807) is 12.1 Å². The molecule has 2 aromatic rings. The number of benzene rings is 1. The van der Waals surface area contributed by atoms with Crippen molar-refractivity contribution in [3.8, 4) is 11.5 Å². The molecule has 5 heteroatoms. The second kappa shape index (κ2) is 5.02. The molecule has 116 valence electrons. The third kappa shape index (κ3) is 2.00. The summed E-state index contributed by atoms with van der Waals surface area (Å²) in [4.78, 5) is 4.60. The molecule has 0 amide bonds. The van der Waals surface area contributed by atoms with Crippen LogP contribution in [0.5, 0.6) is 11.5 Å². The van der Waals surface area contributed by atoms with Crippen LogP contribution < -0.4 is 5.32 Å². The Balaban J connectivity index is 1.83. The molecule has 1 aromatic carbocycles. The van der Waals surface area contributed by atoms with E-state index in [0.29, 0.717) is 6.04 Å². The highest BCUT2D eigenvalue weighted by Crippen LogP contribution is 2.44. The molecule has 0 spiro atoms. The maximum Gasteiger partial charge on any atom is 0.194 e. The van der Waals surface area contributed by atoms with Gasteiger partial charge in [0.1, 0.15) is 5.76 Å². The smallest absolute Gasteiger partial charge is 0.194 e. The van der Waals surface area contributed by atoms with Gasteiger partial charge in [0.15, 0.2) is 17.4 Å². The lowest BCUT2D eigenvalue weighted by atomic mass is 9.75. The second-order valence-electron chi connectivity index (χ2n) is 6.21. The fraction of sp³-hybridized carbons (Fsp3) is 0.471. The van der Waals surface area contributed by atoms with Crippen LogP contribution in [-0.4, -0.2) is 21.2 Å². The Labute approximate surface area is 129 Å². The number of nitrogens with one attached hydrogen (secondary N) is 1. The summed E-state index contributed by atoms with van der Waals surface area (Å²) in [5.74, 6) is 1.67. The molecule has 0 saturated carbocycles. The Morgan fingerprint density at radius 1 is 1.32 bits per heavy atom. The van der Waals surface area contributed by atoms with E-state index in [4.69, 9.17) is 4.42 Å². The first-order valence-electron chi connectivity index (χ1n) is 7.94. The van der Waals surface area contributed by atoms with Crippen molar-refractivity contribution in [2.45, 2.75) is 51.1 Å². The molecule has 0 fully saturated rings. The van der Waals surface area contributed by atoms with Gasteiger partial charge in [-0.25, -0.2) is 4.98 Å². The average molecular weight is 300 g/mol. The van der Waals surface area contributed by atoms with Crippen molar-refractivity contribution in [2.75, 3.05) is 0 Å². The van der Waals surface area contributed by atoms with Gasteiger partial charge in [-0.2, -0.15) is 0 Å². The standard InChI is InChI=1S/C17H20N2O3/c1-2-3-15-19-12-8-18-11-5-4-9-6-13(20)14(21)7-10(9)16(11)17(12)22-15/h6-7,11,16,18,20-21H,2-5,8H2,1H3/t11-,16-/m1/s1. The number of aromatic hydroxyl groups is 2. The van der Waals surface area contributed by atoms with Crippen molar-refractivity contribution < 1.29 is 14.6 Å². The number of aromatic nitrogens is 1. The third-order valence-corrected chi connectivity index (χ3v) is 4.75. The highest BCUT2D eigenvalue weighted by atomic mass is 16.4. The Hall–Kier alpha value is -2.01. The lowest BCUT2D eigenvalue weighted by Gasteiger charge is -2.36. The van der Waals surface area contributed by atoms with E-state index in [2.05, 4.69) is 17.2 Å². The first-order chi connectivity index (χ1) is 10.7. The third-order valence-electron chi connectivity index (χ3n) is 4.75. The van der Waals surface area contributed by atoms with Crippen LogP contribution in [0.4, 0.5) is 0 Å². The van der Waals surface area contributed by atoms with Crippen LogP contribution in [0.15, 0.2) is 16.5 Å². The van der Waals surface area contributed by atoms with Crippen LogP contribution in [-0.2, 0) is 19.4 Å². The lowest BCUT2D eigenvalue weighted by Crippen LogP contribution is -2.42. The number of oxazole rings is 1. The quantitative estimate of drug-likeness (QED) is 0.743. The summed E-state index contributed by atoms with van der Waals surface area (Å²) in [5, 5.41) is 23.2. The topological polar surface area (TPSA) is 78.5 Å². The number of hydrogen-bond acceptors (Lipinski definition) is 5. The summed E-state index contributed by atoms with van der Waals surface area (Å²) in [6, 6.07) is 3.66. The van der Waals surface area contributed by atoms with Gasteiger partial charge >= 0.3 is 0 Å². The number of phenols is 2. The van der Waals surface area contributed by atoms with Crippen molar-refractivity contribution >= 4 is 0 Å². The fourth-order valence-corrected chi connectivity index (χ4v) is 3.71. The number of fused-ring (bicyclic) bond motifs is 5. The van der Waals surface area contributed by atoms with Crippen LogP contribution >= 0.6 is 0 Å². The van der Waals surface area contributed by atoms with E-state index in [1.165, 1.54) is 0 Å². The molecule has 5 nitrogen and oxygen atoms in total. The summed E-state index contributed by atoms with van der Waals surface area (Å²) >= 11 is 0. The Morgan fingerprint density at radius 3 is 2.95 bits per heavy atom. The van der Waals surface area contributed by atoms with Crippen LogP contribution in [0.25, 0.3) is 0 Å². The van der Waals surface area contributed by atoms with Crippen molar-refractivity contribution in [2.24, 2.45) is 0 Å². The SMILES string of the molecule is CCCc1nc2c(o1)[C@@H]1c3cc(O)c(O)cc3CC[C@H]1NC2. The van der Waals surface area contributed by atoms with Gasteiger partial charge < -0.3 is 19.9 Å². The van der Waals surface area contributed by atoms with Gasteiger partial charge in [-0.15, -0.1) is 0 Å². The summed E-state index contributed by atoms with van der Waals surface area (Å²) in [7, 11) is 0. The van der Waals surface area contributed by atoms with Gasteiger partial charge in [-0.1, -0.05) is 6.92 Å². The predicted octanol–water partition coefficient (Wildman–Crippen LogP) is 2.59. The van der Waals surface area contributed by atoms with Gasteiger partial charge in [0.25, 0.3) is 0 Å². The van der Waals surface area contributed by atoms with Gasteiger partial charge in [0.05, 0.1) is 11.6 Å². The molecule has 4 rings (SSSR count). The number of hydrogen-bond donors (Lipinski definition) is 3. The Kier molecular flexibility index (Phi) is 3.11. The van der Waals surface area contributed by atoms with E-state index < -0.39 is 0 Å². The predicted molar refractivity (Wildman–Crippen MR) is 81.1 cm³/mol. The largest absolute Gasteiger partial charge is 0.504 e. The monoisotopic (exact) mass is 300 g/mol. The van der Waals surface area contributed by atoms with Gasteiger partial charge in [-0.3, -0.25) is 0 Å². The molecule has 1 aliphatic carbocycles. The molecule has 0 bridgehead atoms. The number of nitrogens with zero attached hydrogens (tertiary/aromatic N) is 1. The normalized spacial score (nSPS) is 22.8. The molecule has 2 heterocycles. The van der Waals surface area contributed by atoms with Gasteiger partial charge in [-0.05, 0) is 42.5 Å². The van der Waals surface area contributed by atoms with Crippen molar-refractivity contribution in [3.63, 3.8) is 0 Å². The number of aryl methyl sites for hydroxylation is 2. The minimum Gasteiger partial charge on any atom is -0.504 e. The zero-order valence-electron chi connectivity index (χ0n) is 12.6. The van der Waals surface area contributed by atoms with Gasteiger partial charge in [0, 0.05) is 19.0 Å². The minimum atomic E-state index is -0.0696. The van der Waals surface area contributed by atoms with Crippen LogP contribution in [0.3, 0.4) is 0 Å². The Morgan fingerprint density at radius 2 is 2.14 bits per heavy atom. The van der Waals surface area contributed by atoms with Crippen molar-refractivity contribution in [1.82, 2.24) is 10.3 Å². The Bertz CT molecular complexity index is 723. The highest BCUT2D eigenvalue weighted by molar-refractivity contribution is 5.51. The molecule has 2 aliphatic rings. The molecular weight excluding hydrogens is 280 g/mol. The lowest BCUT2D eigenvalue weighted by molar-refractivity contribution is 0.331. The van der Waals surface area contributed by atoms with Crippen molar-refractivity contribution in [3.05, 3.63) is 40.6 Å². The van der Waals surface area contributed by atoms with Crippen LogP contribution in [0, 0.1) is 0 Å².